The largest absolute Gasteiger partial charge is 0.336 e. The van der Waals surface area contributed by atoms with Crippen LogP contribution >= 0.6 is 0 Å². The average Bonchev–Trinajstić information content (AvgIpc) is 2.89. The molecule has 2 heterocycles. The smallest absolute Gasteiger partial charge is 0.224 e. The van der Waals surface area contributed by atoms with Crippen molar-refractivity contribution in [2.24, 2.45) is 13.0 Å². The van der Waals surface area contributed by atoms with Crippen molar-refractivity contribution >= 4 is 15.7 Å². The first kappa shape index (κ1) is 17.9. The molecule has 0 bridgehead atoms. The Balaban J connectivity index is 2.03. The number of rotatable bonds is 6. The van der Waals surface area contributed by atoms with Gasteiger partial charge in [-0.15, -0.1) is 0 Å². The topological polar surface area (TPSA) is 84.3 Å². The molecule has 1 aromatic rings. The quantitative estimate of drug-likeness (QED) is 0.807. The number of aryl methyl sites for hydroxylation is 1. The van der Waals surface area contributed by atoms with E-state index in [0.717, 1.165) is 5.82 Å². The highest BCUT2D eigenvalue weighted by atomic mass is 32.2. The Morgan fingerprint density at radius 3 is 2.83 bits per heavy atom. The molecular formula is C15H26N4O3S. The van der Waals surface area contributed by atoms with Gasteiger partial charge in [-0.2, -0.15) is 0 Å². The van der Waals surface area contributed by atoms with Crippen LogP contribution in [0.5, 0.6) is 0 Å². The van der Waals surface area contributed by atoms with E-state index in [1.54, 1.807) is 11.1 Å². The third-order valence-corrected chi connectivity index (χ3v) is 5.94. The number of amides is 1. The van der Waals surface area contributed by atoms with Crippen molar-refractivity contribution in [1.29, 1.82) is 0 Å². The molecule has 0 spiro atoms. The van der Waals surface area contributed by atoms with Gasteiger partial charge in [-0.05, 0) is 5.92 Å². The molecule has 1 aliphatic rings. The SMILES string of the molecule is CC(C)CS(=O)(=O)CCC(=O)N1CCNCC1c1nccn1C. The highest BCUT2D eigenvalue weighted by Gasteiger charge is 2.30. The summed E-state index contributed by atoms with van der Waals surface area (Å²) in [6.07, 6.45) is 3.59. The maximum atomic E-state index is 12.5. The Labute approximate surface area is 138 Å². The van der Waals surface area contributed by atoms with E-state index in [1.807, 2.05) is 31.7 Å². The normalized spacial score (nSPS) is 19.3. The number of nitrogens with zero attached hydrogens (tertiary/aromatic N) is 3. The van der Waals surface area contributed by atoms with E-state index in [-0.39, 0.29) is 35.8 Å². The molecule has 0 aliphatic carbocycles. The lowest BCUT2D eigenvalue weighted by molar-refractivity contribution is -0.134. The van der Waals surface area contributed by atoms with E-state index in [1.165, 1.54) is 0 Å². The molecule has 0 saturated carbocycles. The molecule has 2 rings (SSSR count). The van der Waals surface area contributed by atoms with E-state index in [0.29, 0.717) is 19.6 Å². The van der Waals surface area contributed by atoms with Gasteiger partial charge in [0, 0.05) is 45.5 Å². The maximum absolute atomic E-state index is 12.5. The summed E-state index contributed by atoms with van der Waals surface area (Å²) in [5.74, 6) is 0.823. The van der Waals surface area contributed by atoms with Gasteiger partial charge in [0.25, 0.3) is 0 Å². The van der Waals surface area contributed by atoms with Crippen molar-refractivity contribution in [3.63, 3.8) is 0 Å². The number of aromatic nitrogens is 2. The number of piperazine rings is 1. The number of hydrogen-bond acceptors (Lipinski definition) is 5. The summed E-state index contributed by atoms with van der Waals surface area (Å²) < 4.78 is 25.9. The Morgan fingerprint density at radius 1 is 1.48 bits per heavy atom. The fraction of sp³-hybridized carbons (Fsp3) is 0.733. The number of carbonyl (C=O) groups is 1. The third kappa shape index (κ3) is 4.78. The van der Waals surface area contributed by atoms with Gasteiger partial charge in [0.2, 0.25) is 5.91 Å². The average molecular weight is 342 g/mol. The lowest BCUT2D eigenvalue weighted by Crippen LogP contribution is -2.49. The Hall–Kier alpha value is -1.41. The molecule has 1 unspecified atom stereocenters. The summed E-state index contributed by atoms with van der Waals surface area (Å²) >= 11 is 0. The maximum Gasteiger partial charge on any atom is 0.224 e. The van der Waals surface area contributed by atoms with Crippen LogP contribution in [0.3, 0.4) is 0 Å². The summed E-state index contributed by atoms with van der Waals surface area (Å²) in [4.78, 5) is 18.6. The van der Waals surface area contributed by atoms with E-state index in [4.69, 9.17) is 0 Å². The van der Waals surface area contributed by atoms with Crippen molar-refractivity contribution in [3.8, 4) is 0 Å². The molecule has 0 aromatic carbocycles. The molecule has 1 aliphatic heterocycles. The fourth-order valence-electron chi connectivity index (χ4n) is 2.91. The van der Waals surface area contributed by atoms with E-state index < -0.39 is 9.84 Å². The second kappa shape index (κ2) is 7.44. The van der Waals surface area contributed by atoms with Gasteiger partial charge in [0.15, 0.2) is 9.84 Å². The van der Waals surface area contributed by atoms with Crippen LogP contribution in [-0.2, 0) is 21.7 Å². The minimum Gasteiger partial charge on any atom is -0.336 e. The monoisotopic (exact) mass is 342 g/mol. The molecule has 23 heavy (non-hydrogen) atoms. The van der Waals surface area contributed by atoms with Gasteiger partial charge in [-0.25, -0.2) is 13.4 Å². The first-order valence-corrected chi connectivity index (χ1v) is 9.80. The van der Waals surface area contributed by atoms with Crippen molar-refractivity contribution in [1.82, 2.24) is 19.8 Å². The highest BCUT2D eigenvalue weighted by molar-refractivity contribution is 7.91. The Bertz CT molecular complexity index is 639. The zero-order chi connectivity index (χ0) is 17.0. The van der Waals surface area contributed by atoms with Crippen molar-refractivity contribution in [2.75, 3.05) is 31.1 Å². The van der Waals surface area contributed by atoms with Gasteiger partial charge < -0.3 is 14.8 Å². The number of imidazole rings is 1. The van der Waals surface area contributed by atoms with Crippen LogP contribution < -0.4 is 5.32 Å². The Kier molecular flexibility index (Phi) is 5.80. The van der Waals surface area contributed by atoms with Crippen LogP contribution in [0.1, 0.15) is 32.1 Å². The lowest BCUT2D eigenvalue weighted by atomic mass is 10.1. The molecule has 1 fully saturated rings. The molecule has 1 saturated heterocycles. The predicted octanol–water partition coefficient (Wildman–Crippen LogP) is 0.354. The molecule has 1 atom stereocenters. The minimum absolute atomic E-state index is 0.0377. The van der Waals surface area contributed by atoms with Crippen LogP contribution in [0.15, 0.2) is 12.4 Å². The second-order valence-corrected chi connectivity index (χ2v) is 8.69. The summed E-state index contributed by atoms with van der Waals surface area (Å²) in [6.45, 7) is 5.65. The number of sulfone groups is 1. The van der Waals surface area contributed by atoms with E-state index in [9.17, 15) is 13.2 Å². The van der Waals surface area contributed by atoms with Crippen LogP contribution in [0.25, 0.3) is 0 Å². The van der Waals surface area contributed by atoms with Crippen LogP contribution in [0, 0.1) is 5.92 Å². The first-order chi connectivity index (χ1) is 10.8. The van der Waals surface area contributed by atoms with Crippen molar-refractivity contribution in [2.45, 2.75) is 26.3 Å². The summed E-state index contributed by atoms with van der Waals surface area (Å²) in [6, 6.07) is -0.149. The van der Waals surface area contributed by atoms with Gasteiger partial charge >= 0.3 is 0 Å². The highest BCUT2D eigenvalue weighted by Crippen LogP contribution is 2.21. The molecule has 1 N–H and O–H groups in total. The van der Waals surface area contributed by atoms with Crippen LogP contribution in [-0.4, -0.2) is 59.9 Å². The Morgan fingerprint density at radius 2 is 2.22 bits per heavy atom. The molecule has 7 nitrogen and oxygen atoms in total. The van der Waals surface area contributed by atoms with Gasteiger partial charge in [-0.1, -0.05) is 13.8 Å². The molecule has 0 radical (unpaired) electrons. The first-order valence-electron chi connectivity index (χ1n) is 7.98. The predicted molar refractivity (Wildman–Crippen MR) is 88.6 cm³/mol. The van der Waals surface area contributed by atoms with Crippen LogP contribution in [0.4, 0.5) is 0 Å². The standard InChI is InChI=1S/C15H26N4O3S/c1-12(2)11-23(21,22)9-4-14(20)19-8-5-16-10-13(19)15-17-6-7-18(15)3/h6-7,12-13,16H,4-5,8-11H2,1-3H3. The fourth-order valence-corrected chi connectivity index (χ4v) is 4.58. The molecule has 1 aromatic heterocycles. The molecule has 130 valence electrons. The minimum atomic E-state index is -3.18. The molecular weight excluding hydrogens is 316 g/mol. The van der Waals surface area contributed by atoms with Gasteiger partial charge in [0.1, 0.15) is 11.9 Å². The summed E-state index contributed by atoms with van der Waals surface area (Å²) in [5.41, 5.74) is 0. The number of hydrogen-bond donors (Lipinski definition) is 1. The third-order valence-electron chi connectivity index (χ3n) is 3.93. The summed E-state index contributed by atoms with van der Waals surface area (Å²) in [7, 11) is -1.28. The number of nitrogens with one attached hydrogen (secondary N) is 1. The number of carbonyl (C=O) groups excluding carboxylic acids is 1. The van der Waals surface area contributed by atoms with Crippen molar-refractivity contribution < 1.29 is 13.2 Å². The molecule has 1 amide bonds. The zero-order valence-corrected chi connectivity index (χ0v) is 14.8. The van der Waals surface area contributed by atoms with Crippen LogP contribution in [0.2, 0.25) is 0 Å². The van der Waals surface area contributed by atoms with Gasteiger partial charge in [-0.3, -0.25) is 4.79 Å². The lowest BCUT2D eigenvalue weighted by Gasteiger charge is -2.35. The van der Waals surface area contributed by atoms with E-state index >= 15 is 0 Å². The van der Waals surface area contributed by atoms with Crippen molar-refractivity contribution in [3.05, 3.63) is 18.2 Å². The van der Waals surface area contributed by atoms with E-state index in [2.05, 4.69) is 10.3 Å². The molecule has 8 heteroatoms. The summed E-state index contributed by atoms with van der Waals surface area (Å²) in [5, 5.41) is 3.27. The van der Waals surface area contributed by atoms with Gasteiger partial charge in [0.05, 0.1) is 11.5 Å². The second-order valence-electron chi connectivity index (χ2n) is 6.46. The zero-order valence-electron chi connectivity index (χ0n) is 14.0.